The van der Waals surface area contributed by atoms with Crippen molar-refractivity contribution in [1.82, 2.24) is 0 Å². The second-order valence-corrected chi connectivity index (χ2v) is 4.39. The van der Waals surface area contributed by atoms with Crippen LogP contribution in [0.25, 0.3) is 0 Å². The number of likely N-dealkylation sites (N-methyl/N-ethyl adjacent to an activating group) is 1. The minimum absolute atomic E-state index is 0.0152. The zero-order valence-electron chi connectivity index (χ0n) is 10.7. The maximum Gasteiger partial charge on any atom is 0.326 e. The molecule has 1 atom stereocenters. The maximum atomic E-state index is 13.7. The van der Waals surface area contributed by atoms with Gasteiger partial charge in [0.15, 0.2) is 11.6 Å². The summed E-state index contributed by atoms with van der Waals surface area (Å²) < 4.78 is 26.9. The molecule has 0 unspecified atom stereocenters. The summed E-state index contributed by atoms with van der Waals surface area (Å²) in [5.41, 5.74) is -0.0152. The molecule has 0 amide bonds. The molecule has 0 spiro atoms. The lowest BCUT2D eigenvalue weighted by atomic mass is 10.0. The standard InChI is InChI=1S/C13H17F2NO2/c1-4-16(12(8(2)3)13(17)18)10-7-5-6-9(14)11(10)15/h5-8,12H,4H2,1-3H3,(H,17,18)/t12-/m0/s1. The molecule has 0 aliphatic rings. The predicted molar refractivity (Wildman–Crippen MR) is 65.6 cm³/mol. The van der Waals surface area contributed by atoms with Gasteiger partial charge in [-0.3, -0.25) is 0 Å². The number of carboxylic acids is 1. The van der Waals surface area contributed by atoms with E-state index >= 15 is 0 Å². The topological polar surface area (TPSA) is 40.5 Å². The molecule has 0 aliphatic heterocycles. The van der Waals surface area contributed by atoms with Crippen LogP contribution in [0.15, 0.2) is 18.2 Å². The first-order valence-corrected chi connectivity index (χ1v) is 5.83. The zero-order chi connectivity index (χ0) is 13.9. The van der Waals surface area contributed by atoms with Gasteiger partial charge >= 0.3 is 5.97 Å². The zero-order valence-corrected chi connectivity index (χ0v) is 10.7. The number of benzene rings is 1. The summed E-state index contributed by atoms with van der Waals surface area (Å²) >= 11 is 0. The molecule has 0 aromatic heterocycles. The number of nitrogens with zero attached hydrogens (tertiary/aromatic N) is 1. The van der Waals surface area contributed by atoms with Gasteiger partial charge in [0.2, 0.25) is 0 Å². The van der Waals surface area contributed by atoms with E-state index in [1.807, 2.05) is 0 Å². The number of carbonyl (C=O) groups is 1. The van der Waals surface area contributed by atoms with Crippen LogP contribution in [0.5, 0.6) is 0 Å². The smallest absolute Gasteiger partial charge is 0.326 e. The molecular formula is C13H17F2NO2. The Balaban J connectivity index is 3.23. The van der Waals surface area contributed by atoms with Gasteiger partial charge in [-0.05, 0) is 25.0 Å². The number of halogens is 2. The lowest BCUT2D eigenvalue weighted by Gasteiger charge is -2.32. The van der Waals surface area contributed by atoms with Gasteiger partial charge in [-0.2, -0.15) is 0 Å². The van der Waals surface area contributed by atoms with Gasteiger partial charge < -0.3 is 10.0 Å². The maximum absolute atomic E-state index is 13.7. The molecule has 100 valence electrons. The monoisotopic (exact) mass is 257 g/mol. The van der Waals surface area contributed by atoms with Crippen LogP contribution in [0.1, 0.15) is 20.8 Å². The number of hydrogen-bond donors (Lipinski definition) is 1. The van der Waals surface area contributed by atoms with Crippen LogP contribution in [-0.2, 0) is 4.79 Å². The van der Waals surface area contributed by atoms with Crippen LogP contribution in [0, 0.1) is 17.6 Å². The predicted octanol–water partition coefficient (Wildman–Crippen LogP) is 2.90. The van der Waals surface area contributed by atoms with Gasteiger partial charge in [-0.25, -0.2) is 13.6 Å². The molecule has 5 heteroatoms. The molecule has 1 aromatic carbocycles. The highest BCUT2D eigenvalue weighted by Gasteiger charge is 2.30. The van der Waals surface area contributed by atoms with E-state index in [0.717, 1.165) is 6.07 Å². The fourth-order valence-electron chi connectivity index (χ4n) is 2.01. The highest BCUT2D eigenvalue weighted by Crippen LogP contribution is 2.25. The summed E-state index contributed by atoms with van der Waals surface area (Å²) in [4.78, 5) is 12.6. The Bertz CT molecular complexity index is 435. The minimum Gasteiger partial charge on any atom is -0.480 e. The Morgan fingerprint density at radius 1 is 1.39 bits per heavy atom. The lowest BCUT2D eigenvalue weighted by molar-refractivity contribution is -0.139. The third-order valence-corrected chi connectivity index (χ3v) is 2.80. The normalized spacial score (nSPS) is 12.6. The van der Waals surface area contributed by atoms with Crippen molar-refractivity contribution < 1.29 is 18.7 Å². The van der Waals surface area contributed by atoms with Crippen LogP contribution < -0.4 is 4.90 Å². The molecule has 1 aromatic rings. The molecule has 0 bridgehead atoms. The highest BCUT2D eigenvalue weighted by molar-refractivity contribution is 5.78. The van der Waals surface area contributed by atoms with Gasteiger partial charge in [-0.1, -0.05) is 19.9 Å². The fraction of sp³-hybridized carbons (Fsp3) is 0.462. The molecule has 0 aliphatic carbocycles. The van der Waals surface area contributed by atoms with Crippen molar-refractivity contribution in [3.63, 3.8) is 0 Å². The van der Waals surface area contributed by atoms with Gasteiger partial charge in [0.1, 0.15) is 6.04 Å². The number of aliphatic carboxylic acids is 1. The van der Waals surface area contributed by atoms with Crippen LogP contribution in [-0.4, -0.2) is 23.7 Å². The third kappa shape index (κ3) is 2.78. The lowest BCUT2D eigenvalue weighted by Crippen LogP contribution is -2.45. The second kappa shape index (κ2) is 5.80. The van der Waals surface area contributed by atoms with E-state index < -0.39 is 23.6 Å². The largest absolute Gasteiger partial charge is 0.480 e. The van der Waals surface area contributed by atoms with Crippen LogP contribution >= 0.6 is 0 Å². The van der Waals surface area contributed by atoms with Crippen molar-refractivity contribution >= 4 is 11.7 Å². The summed E-state index contributed by atoms with van der Waals surface area (Å²) in [5, 5.41) is 9.21. The van der Waals surface area contributed by atoms with Crippen molar-refractivity contribution in [1.29, 1.82) is 0 Å². The molecule has 1 rings (SSSR count). The first-order valence-electron chi connectivity index (χ1n) is 5.83. The minimum atomic E-state index is -1.05. The van der Waals surface area contributed by atoms with Gasteiger partial charge in [-0.15, -0.1) is 0 Å². The van der Waals surface area contributed by atoms with E-state index in [0.29, 0.717) is 0 Å². The first-order chi connectivity index (χ1) is 8.40. The Morgan fingerprint density at radius 3 is 2.44 bits per heavy atom. The molecule has 1 N–H and O–H groups in total. The van der Waals surface area contributed by atoms with Crippen molar-refractivity contribution in [2.75, 3.05) is 11.4 Å². The molecule has 18 heavy (non-hydrogen) atoms. The van der Waals surface area contributed by atoms with E-state index in [9.17, 15) is 18.7 Å². The average Bonchev–Trinajstić information content (AvgIpc) is 2.28. The van der Waals surface area contributed by atoms with Crippen molar-refractivity contribution in [3.05, 3.63) is 29.8 Å². The average molecular weight is 257 g/mol. The number of carboxylic acid groups (broad SMARTS) is 1. The quantitative estimate of drug-likeness (QED) is 0.881. The Kier molecular flexibility index (Phi) is 4.64. The molecule has 0 saturated heterocycles. The summed E-state index contributed by atoms with van der Waals surface area (Å²) in [7, 11) is 0. The first kappa shape index (κ1) is 14.4. The van der Waals surface area contributed by atoms with Gasteiger partial charge in [0.25, 0.3) is 0 Å². The second-order valence-electron chi connectivity index (χ2n) is 4.39. The number of hydrogen-bond acceptors (Lipinski definition) is 2. The fourth-order valence-corrected chi connectivity index (χ4v) is 2.01. The Hall–Kier alpha value is -1.65. The van der Waals surface area contributed by atoms with Crippen LogP contribution in [0.2, 0.25) is 0 Å². The van der Waals surface area contributed by atoms with E-state index in [4.69, 9.17) is 0 Å². The van der Waals surface area contributed by atoms with Gasteiger partial charge in [0, 0.05) is 6.54 Å². The number of rotatable bonds is 5. The van der Waals surface area contributed by atoms with Crippen molar-refractivity contribution in [3.8, 4) is 0 Å². The molecule has 0 saturated carbocycles. The van der Waals surface area contributed by atoms with Crippen LogP contribution in [0.3, 0.4) is 0 Å². The van der Waals surface area contributed by atoms with E-state index in [1.165, 1.54) is 17.0 Å². The summed E-state index contributed by atoms with van der Waals surface area (Å²) in [6, 6.07) is 2.89. The van der Waals surface area contributed by atoms with Crippen LogP contribution in [0.4, 0.5) is 14.5 Å². The van der Waals surface area contributed by atoms with Crippen molar-refractivity contribution in [2.45, 2.75) is 26.8 Å². The van der Waals surface area contributed by atoms with E-state index in [2.05, 4.69) is 0 Å². The summed E-state index contributed by atoms with van der Waals surface area (Å²) in [6.07, 6.45) is 0. The highest BCUT2D eigenvalue weighted by atomic mass is 19.2. The third-order valence-electron chi connectivity index (χ3n) is 2.80. The molecule has 3 nitrogen and oxygen atoms in total. The Morgan fingerprint density at radius 2 is 2.00 bits per heavy atom. The molecule has 0 radical (unpaired) electrons. The summed E-state index contributed by atoms with van der Waals surface area (Å²) in [5.74, 6) is -3.24. The molecular weight excluding hydrogens is 240 g/mol. The van der Waals surface area contributed by atoms with Crippen molar-refractivity contribution in [2.24, 2.45) is 5.92 Å². The molecule has 0 heterocycles. The van der Waals surface area contributed by atoms with E-state index in [1.54, 1.807) is 20.8 Å². The van der Waals surface area contributed by atoms with E-state index in [-0.39, 0.29) is 18.2 Å². The summed E-state index contributed by atoms with van der Waals surface area (Å²) in [6.45, 7) is 5.47. The number of anilines is 1. The van der Waals surface area contributed by atoms with Gasteiger partial charge in [0.05, 0.1) is 5.69 Å². The SMILES string of the molecule is CCN(c1cccc(F)c1F)[C@H](C(=O)O)C(C)C. The molecule has 0 fully saturated rings. The Labute approximate surface area is 105 Å².